The molecule has 0 heterocycles. The molecule has 1 aromatic rings. The van der Waals surface area contributed by atoms with Gasteiger partial charge < -0.3 is 10.2 Å². The van der Waals surface area contributed by atoms with Crippen molar-refractivity contribution in [3.8, 4) is 0 Å². The molecular weight excluding hydrogens is 227 g/mol. The van der Waals surface area contributed by atoms with Crippen LogP contribution in [0, 0.1) is 11.7 Å². The van der Waals surface area contributed by atoms with Gasteiger partial charge in [-0.3, -0.25) is 0 Å². The van der Waals surface area contributed by atoms with Crippen LogP contribution in [0.25, 0.3) is 0 Å². The molecule has 102 valence electrons. The maximum absolute atomic E-state index is 14.2. The quantitative estimate of drug-likeness (QED) is 0.832. The summed E-state index contributed by atoms with van der Waals surface area (Å²) < 4.78 is 14.2. The first kappa shape index (κ1) is 15.0. The van der Waals surface area contributed by atoms with Crippen LogP contribution in [0.5, 0.6) is 0 Å². The first-order chi connectivity index (χ1) is 8.51. The van der Waals surface area contributed by atoms with Crippen LogP contribution in [0.4, 0.5) is 10.1 Å². The average molecular weight is 252 g/mol. The predicted octanol–water partition coefficient (Wildman–Crippen LogP) is 3.59. The van der Waals surface area contributed by atoms with E-state index in [0.717, 1.165) is 24.3 Å². The van der Waals surface area contributed by atoms with Gasteiger partial charge in [-0.2, -0.15) is 0 Å². The van der Waals surface area contributed by atoms with Crippen LogP contribution in [0.15, 0.2) is 18.2 Å². The largest absolute Gasteiger partial charge is 0.369 e. The number of benzene rings is 1. The van der Waals surface area contributed by atoms with Crippen LogP contribution < -0.4 is 10.2 Å². The Balaban J connectivity index is 3.18. The third kappa shape index (κ3) is 3.45. The highest BCUT2D eigenvalue weighted by molar-refractivity contribution is 5.56. The van der Waals surface area contributed by atoms with E-state index in [4.69, 9.17) is 0 Å². The van der Waals surface area contributed by atoms with Gasteiger partial charge in [0.1, 0.15) is 5.82 Å². The molecule has 1 rings (SSSR count). The predicted molar refractivity (Wildman–Crippen MR) is 76.6 cm³/mol. The molecule has 0 aliphatic heterocycles. The molecule has 3 heteroatoms. The van der Waals surface area contributed by atoms with Crippen LogP contribution >= 0.6 is 0 Å². The SMILES string of the molecule is CCN(CC(C)C)c1c(F)cccc1C(C)NC. The third-order valence-corrected chi connectivity index (χ3v) is 3.20. The van der Waals surface area contributed by atoms with Gasteiger partial charge in [0.15, 0.2) is 0 Å². The van der Waals surface area contributed by atoms with Gasteiger partial charge in [-0.1, -0.05) is 26.0 Å². The van der Waals surface area contributed by atoms with Crippen molar-refractivity contribution < 1.29 is 4.39 Å². The zero-order valence-electron chi connectivity index (χ0n) is 12.1. The Morgan fingerprint density at radius 1 is 1.28 bits per heavy atom. The van der Waals surface area contributed by atoms with Crippen LogP contribution in [0.2, 0.25) is 0 Å². The molecule has 0 spiro atoms. The molecule has 0 fully saturated rings. The van der Waals surface area contributed by atoms with E-state index in [9.17, 15) is 4.39 Å². The highest BCUT2D eigenvalue weighted by Crippen LogP contribution is 2.29. The molecule has 2 nitrogen and oxygen atoms in total. The van der Waals surface area contributed by atoms with Gasteiger partial charge in [0.25, 0.3) is 0 Å². The second-order valence-electron chi connectivity index (χ2n) is 5.12. The Morgan fingerprint density at radius 2 is 1.94 bits per heavy atom. The van der Waals surface area contributed by atoms with Gasteiger partial charge >= 0.3 is 0 Å². The zero-order valence-corrected chi connectivity index (χ0v) is 12.1. The van der Waals surface area contributed by atoms with Gasteiger partial charge in [-0.05, 0) is 38.4 Å². The third-order valence-electron chi connectivity index (χ3n) is 3.20. The summed E-state index contributed by atoms with van der Waals surface area (Å²) in [7, 11) is 1.90. The molecule has 0 aliphatic carbocycles. The summed E-state index contributed by atoms with van der Waals surface area (Å²) in [5.74, 6) is 0.388. The Hall–Kier alpha value is -1.09. The number of hydrogen-bond donors (Lipinski definition) is 1. The summed E-state index contributed by atoms with van der Waals surface area (Å²) in [6.07, 6.45) is 0. The van der Waals surface area contributed by atoms with Gasteiger partial charge in [-0.15, -0.1) is 0 Å². The molecule has 0 aliphatic rings. The Kier molecular flexibility index (Phi) is 5.60. The molecule has 0 radical (unpaired) electrons. The molecule has 1 atom stereocenters. The number of halogens is 1. The summed E-state index contributed by atoms with van der Waals surface area (Å²) >= 11 is 0. The van der Waals surface area contributed by atoms with Crippen molar-refractivity contribution in [1.82, 2.24) is 5.32 Å². The number of nitrogens with one attached hydrogen (secondary N) is 1. The fraction of sp³-hybridized carbons (Fsp3) is 0.600. The fourth-order valence-electron chi connectivity index (χ4n) is 2.19. The van der Waals surface area contributed by atoms with E-state index in [-0.39, 0.29) is 11.9 Å². The van der Waals surface area contributed by atoms with Crippen molar-refractivity contribution in [3.63, 3.8) is 0 Å². The first-order valence-electron chi connectivity index (χ1n) is 6.71. The van der Waals surface area contributed by atoms with Gasteiger partial charge in [0, 0.05) is 19.1 Å². The number of hydrogen-bond acceptors (Lipinski definition) is 2. The van der Waals surface area contributed by atoms with Crippen molar-refractivity contribution in [2.24, 2.45) is 5.92 Å². The number of para-hydroxylation sites is 1. The van der Waals surface area contributed by atoms with Crippen molar-refractivity contribution >= 4 is 5.69 Å². The Bertz CT molecular complexity index is 377. The van der Waals surface area contributed by atoms with Crippen molar-refractivity contribution in [3.05, 3.63) is 29.6 Å². The monoisotopic (exact) mass is 252 g/mol. The minimum atomic E-state index is -0.128. The van der Waals surface area contributed by atoms with E-state index in [0.29, 0.717) is 5.92 Å². The normalized spacial score (nSPS) is 12.8. The summed E-state index contributed by atoms with van der Waals surface area (Å²) in [5.41, 5.74) is 1.77. The highest BCUT2D eigenvalue weighted by Gasteiger charge is 2.18. The van der Waals surface area contributed by atoms with Gasteiger partial charge in [-0.25, -0.2) is 4.39 Å². The maximum Gasteiger partial charge on any atom is 0.146 e. The second-order valence-corrected chi connectivity index (χ2v) is 5.12. The van der Waals surface area contributed by atoms with Gasteiger partial charge in [0.2, 0.25) is 0 Å². The highest BCUT2D eigenvalue weighted by atomic mass is 19.1. The van der Waals surface area contributed by atoms with Gasteiger partial charge in [0.05, 0.1) is 5.69 Å². The number of nitrogens with zero attached hydrogens (tertiary/aromatic N) is 1. The molecule has 0 saturated carbocycles. The fourth-order valence-corrected chi connectivity index (χ4v) is 2.19. The van der Waals surface area contributed by atoms with E-state index in [1.54, 1.807) is 12.1 Å². The lowest BCUT2D eigenvalue weighted by Gasteiger charge is -2.29. The average Bonchev–Trinajstić information content (AvgIpc) is 2.34. The lowest BCUT2D eigenvalue weighted by atomic mass is 10.0. The summed E-state index contributed by atoms with van der Waals surface area (Å²) in [6.45, 7) is 10.1. The number of anilines is 1. The summed E-state index contributed by atoms with van der Waals surface area (Å²) in [5, 5.41) is 3.19. The Labute approximate surface area is 110 Å². The molecule has 0 amide bonds. The minimum absolute atomic E-state index is 0.128. The lowest BCUT2D eigenvalue weighted by molar-refractivity contribution is 0.572. The molecule has 0 aromatic heterocycles. The molecule has 18 heavy (non-hydrogen) atoms. The summed E-state index contributed by atoms with van der Waals surface area (Å²) in [6, 6.07) is 5.48. The van der Waals surface area contributed by atoms with Crippen LogP contribution in [-0.2, 0) is 0 Å². The summed E-state index contributed by atoms with van der Waals surface area (Å²) in [4.78, 5) is 2.13. The Morgan fingerprint density at radius 3 is 2.44 bits per heavy atom. The van der Waals surface area contributed by atoms with E-state index in [1.807, 2.05) is 13.1 Å². The molecule has 1 aromatic carbocycles. The van der Waals surface area contributed by atoms with Crippen molar-refractivity contribution in [2.45, 2.75) is 33.7 Å². The molecule has 0 bridgehead atoms. The standard InChI is InChI=1S/C15H25FN2/c1-6-18(10-11(2)3)15-13(12(4)17-5)8-7-9-14(15)16/h7-9,11-12,17H,6,10H2,1-5H3. The second kappa shape index (κ2) is 6.74. The molecular formula is C15H25FN2. The first-order valence-corrected chi connectivity index (χ1v) is 6.71. The van der Waals surface area contributed by atoms with E-state index in [1.165, 1.54) is 0 Å². The van der Waals surface area contributed by atoms with E-state index >= 15 is 0 Å². The molecule has 1 unspecified atom stereocenters. The molecule has 0 saturated heterocycles. The topological polar surface area (TPSA) is 15.3 Å². The molecule has 1 N–H and O–H groups in total. The minimum Gasteiger partial charge on any atom is -0.369 e. The maximum atomic E-state index is 14.2. The lowest BCUT2D eigenvalue weighted by Crippen LogP contribution is -2.30. The van der Waals surface area contributed by atoms with Crippen LogP contribution in [-0.4, -0.2) is 20.1 Å². The van der Waals surface area contributed by atoms with E-state index in [2.05, 4.69) is 37.9 Å². The smallest absolute Gasteiger partial charge is 0.146 e. The van der Waals surface area contributed by atoms with Crippen molar-refractivity contribution in [1.29, 1.82) is 0 Å². The zero-order chi connectivity index (χ0) is 13.7. The van der Waals surface area contributed by atoms with Crippen LogP contribution in [0.1, 0.15) is 39.3 Å². The van der Waals surface area contributed by atoms with E-state index < -0.39 is 0 Å². The van der Waals surface area contributed by atoms with Crippen LogP contribution in [0.3, 0.4) is 0 Å². The van der Waals surface area contributed by atoms with Crippen molar-refractivity contribution in [2.75, 3.05) is 25.0 Å². The number of rotatable bonds is 6.